The molecule has 1 aliphatic heterocycles. The second-order valence-electron chi connectivity index (χ2n) is 8.34. The Morgan fingerprint density at radius 2 is 1.76 bits per heavy atom. The molecule has 5 heteroatoms. The standard InChI is InChI=1S/C24H31NO4/c1-17(2)16-29-20-8-5-18(6-9-20)11-12-25-23(26)24(3,4)19-7-10-21-22(15-19)28-14-13-27-21/h5-10,15,17H,11-14,16H2,1-4H3,(H,25,26). The summed E-state index contributed by atoms with van der Waals surface area (Å²) in [4.78, 5) is 12.8. The van der Waals surface area contributed by atoms with Gasteiger partial charge in [0, 0.05) is 6.54 Å². The van der Waals surface area contributed by atoms with Gasteiger partial charge in [-0.15, -0.1) is 0 Å². The number of hydrogen-bond acceptors (Lipinski definition) is 4. The summed E-state index contributed by atoms with van der Waals surface area (Å²) < 4.78 is 16.9. The maximum Gasteiger partial charge on any atom is 0.230 e. The van der Waals surface area contributed by atoms with Crippen molar-refractivity contribution in [3.8, 4) is 17.2 Å². The van der Waals surface area contributed by atoms with E-state index in [2.05, 4.69) is 19.2 Å². The molecule has 0 spiro atoms. The molecule has 0 saturated heterocycles. The molecule has 0 unspecified atom stereocenters. The molecule has 0 fully saturated rings. The fourth-order valence-electron chi connectivity index (χ4n) is 3.12. The zero-order chi connectivity index (χ0) is 20.9. The van der Waals surface area contributed by atoms with Gasteiger partial charge in [0.15, 0.2) is 11.5 Å². The van der Waals surface area contributed by atoms with E-state index in [1.165, 1.54) is 5.56 Å². The lowest BCUT2D eigenvalue weighted by Crippen LogP contribution is -2.41. The van der Waals surface area contributed by atoms with Crippen LogP contribution in [-0.2, 0) is 16.6 Å². The van der Waals surface area contributed by atoms with Crippen molar-refractivity contribution in [3.05, 3.63) is 53.6 Å². The van der Waals surface area contributed by atoms with E-state index in [1.807, 2.05) is 56.3 Å². The van der Waals surface area contributed by atoms with Gasteiger partial charge in [-0.1, -0.05) is 32.0 Å². The van der Waals surface area contributed by atoms with Crippen molar-refractivity contribution in [2.24, 2.45) is 5.92 Å². The van der Waals surface area contributed by atoms with Crippen molar-refractivity contribution in [1.82, 2.24) is 5.32 Å². The van der Waals surface area contributed by atoms with E-state index < -0.39 is 5.41 Å². The van der Waals surface area contributed by atoms with Gasteiger partial charge in [0.25, 0.3) is 0 Å². The topological polar surface area (TPSA) is 56.8 Å². The summed E-state index contributed by atoms with van der Waals surface area (Å²) in [6.45, 7) is 10.5. The average molecular weight is 398 g/mol. The van der Waals surface area contributed by atoms with Crippen LogP contribution in [0.1, 0.15) is 38.8 Å². The van der Waals surface area contributed by atoms with Gasteiger partial charge in [-0.25, -0.2) is 0 Å². The first-order valence-electron chi connectivity index (χ1n) is 10.3. The van der Waals surface area contributed by atoms with Crippen LogP contribution in [-0.4, -0.2) is 32.3 Å². The molecule has 2 aromatic rings. The van der Waals surface area contributed by atoms with Gasteiger partial charge in [0.05, 0.1) is 12.0 Å². The molecule has 5 nitrogen and oxygen atoms in total. The minimum absolute atomic E-state index is 0.00827. The second kappa shape index (κ2) is 9.21. The lowest BCUT2D eigenvalue weighted by Gasteiger charge is -2.26. The number of hydrogen-bond donors (Lipinski definition) is 1. The monoisotopic (exact) mass is 397 g/mol. The van der Waals surface area contributed by atoms with Gasteiger partial charge in [0.1, 0.15) is 19.0 Å². The highest BCUT2D eigenvalue weighted by Gasteiger charge is 2.30. The molecule has 0 aliphatic carbocycles. The highest BCUT2D eigenvalue weighted by Crippen LogP contribution is 2.35. The fourth-order valence-corrected chi connectivity index (χ4v) is 3.12. The SMILES string of the molecule is CC(C)COc1ccc(CCNC(=O)C(C)(C)c2ccc3c(c2)OCCO3)cc1. The van der Waals surface area contributed by atoms with Gasteiger partial charge in [0.2, 0.25) is 5.91 Å². The van der Waals surface area contributed by atoms with Crippen LogP contribution < -0.4 is 19.5 Å². The Morgan fingerprint density at radius 3 is 2.45 bits per heavy atom. The Bertz CT molecular complexity index is 827. The van der Waals surface area contributed by atoms with Crippen LogP contribution in [0.5, 0.6) is 17.2 Å². The van der Waals surface area contributed by atoms with Crippen molar-refractivity contribution < 1.29 is 19.0 Å². The number of carbonyl (C=O) groups excluding carboxylic acids is 1. The average Bonchev–Trinajstić information content (AvgIpc) is 2.72. The summed E-state index contributed by atoms with van der Waals surface area (Å²) in [5.74, 6) is 2.81. The van der Waals surface area contributed by atoms with Gasteiger partial charge < -0.3 is 19.5 Å². The molecule has 1 amide bonds. The normalized spacial score (nSPS) is 13.3. The molecule has 2 aromatic carbocycles. The molecule has 3 rings (SSSR count). The fraction of sp³-hybridized carbons (Fsp3) is 0.458. The molecule has 29 heavy (non-hydrogen) atoms. The number of carbonyl (C=O) groups is 1. The van der Waals surface area contributed by atoms with Crippen LogP contribution >= 0.6 is 0 Å². The number of amides is 1. The van der Waals surface area contributed by atoms with E-state index in [1.54, 1.807) is 0 Å². The van der Waals surface area contributed by atoms with Crippen molar-refractivity contribution in [3.63, 3.8) is 0 Å². The Balaban J connectivity index is 1.53. The van der Waals surface area contributed by atoms with E-state index in [0.717, 1.165) is 23.5 Å². The predicted molar refractivity (Wildman–Crippen MR) is 114 cm³/mol. The van der Waals surface area contributed by atoms with Crippen LogP contribution in [0.2, 0.25) is 0 Å². The first kappa shape index (κ1) is 21.0. The Morgan fingerprint density at radius 1 is 1.07 bits per heavy atom. The van der Waals surface area contributed by atoms with Crippen LogP contribution in [0.25, 0.3) is 0 Å². The van der Waals surface area contributed by atoms with E-state index in [0.29, 0.717) is 38.0 Å². The minimum Gasteiger partial charge on any atom is -0.493 e. The first-order chi connectivity index (χ1) is 13.9. The number of rotatable bonds is 8. The summed E-state index contributed by atoms with van der Waals surface area (Å²) >= 11 is 0. The van der Waals surface area contributed by atoms with Gasteiger partial charge in [-0.2, -0.15) is 0 Å². The molecular formula is C24H31NO4. The summed E-state index contributed by atoms with van der Waals surface area (Å²) in [6.07, 6.45) is 0.771. The smallest absolute Gasteiger partial charge is 0.230 e. The predicted octanol–water partition coefficient (Wildman–Crippen LogP) is 4.13. The van der Waals surface area contributed by atoms with Gasteiger partial charge in [-0.05, 0) is 61.6 Å². The summed E-state index contributed by atoms with van der Waals surface area (Å²) in [7, 11) is 0. The maximum atomic E-state index is 12.8. The Hall–Kier alpha value is -2.69. The zero-order valence-corrected chi connectivity index (χ0v) is 17.8. The molecule has 1 aliphatic rings. The largest absolute Gasteiger partial charge is 0.493 e. The van der Waals surface area contributed by atoms with Crippen molar-refractivity contribution in [2.45, 2.75) is 39.5 Å². The van der Waals surface area contributed by atoms with Gasteiger partial charge >= 0.3 is 0 Å². The number of nitrogens with one attached hydrogen (secondary N) is 1. The summed E-state index contributed by atoms with van der Waals surface area (Å²) in [6, 6.07) is 13.8. The Kier molecular flexibility index (Phi) is 6.68. The van der Waals surface area contributed by atoms with Crippen molar-refractivity contribution in [1.29, 1.82) is 0 Å². The third-order valence-corrected chi connectivity index (χ3v) is 5.04. The van der Waals surface area contributed by atoms with Crippen LogP contribution in [0, 0.1) is 5.92 Å². The molecule has 1 heterocycles. The molecule has 0 atom stereocenters. The number of benzene rings is 2. The first-order valence-corrected chi connectivity index (χ1v) is 10.3. The van der Waals surface area contributed by atoms with Crippen molar-refractivity contribution in [2.75, 3.05) is 26.4 Å². The van der Waals surface area contributed by atoms with E-state index >= 15 is 0 Å². The molecular weight excluding hydrogens is 366 g/mol. The highest BCUT2D eigenvalue weighted by molar-refractivity contribution is 5.87. The molecule has 0 bridgehead atoms. The summed E-state index contributed by atoms with van der Waals surface area (Å²) in [5.41, 5.74) is 1.41. The molecule has 0 saturated carbocycles. The number of fused-ring (bicyclic) bond motifs is 1. The van der Waals surface area contributed by atoms with E-state index in [9.17, 15) is 4.79 Å². The van der Waals surface area contributed by atoms with Crippen LogP contribution in [0.4, 0.5) is 0 Å². The molecule has 1 N–H and O–H groups in total. The quantitative estimate of drug-likeness (QED) is 0.728. The minimum atomic E-state index is -0.662. The molecule has 0 radical (unpaired) electrons. The molecule has 0 aromatic heterocycles. The lowest BCUT2D eigenvalue weighted by molar-refractivity contribution is -0.125. The Labute approximate surface area is 173 Å². The third kappa shape index (κ3) is 5.43. The van der Waals surface area contributed by atoms with Crippen molar-refractivity contribution >= 4 is 5.91 Å². The van der Waals surface area contributed by atoms with E-state index in [-0.39, 0.29) is 5.91 Å². The van der Waals surface area contributed by atoms with Crippen LogP contribution in [0.3, 0.4) is 0 Å². The van der Waals surface area contributed by atoms with Crippen LogP contribution in [0.15, 0.2) is 42.5 Å². The van der Waals surface area contributed by atoms with Gasteiger partial charge in [-0.3, -0.25) is 4.79 Å². The lowest BCUT2D eigenvalue weighted by atomic mass is 9.83. The third-order valence-electron chi connectivity index (χ3n) is 5.04. The zero-order valence-electron chi connectivity index (χ0n) is 17.8. The summed E-state index contributed by atoms with van der Waals surface area (Å²) in [5, 5.41) is 3.06. The second-order valence-corrected chi connectivity index (χ2v) is 8.34. The maximum absolute atomic E-state index is 12.8. The highest BCUT2D eigenvalue weighted by atomic mass is 16.6. The number of ether oxygens (including phenoxy) is 3. The van der Waals surface area contributed by atoms with E-state index in [4.69, 9.17) is 14.2 Å². The molecule has 156 valence electrons.